The number of aliphatic hydroxyl groups excluding tert-OH is 1. The summed E-state index contributed by atoms with van der Waals surface area (Å²) >= 11 is 0. The van der Waals surface area contributed by atoms with Crippen LogP contribution >= 0.6 is 0 Å². The third kappa shape index (κ3) is 31.1. The lowest BCUT2D eigenvalue weighted by Crippen LogP contribution is -2.06. The van der Waals surface area contributed by atoms with E-state index in [-0.39, 0.29) is 0 Å². The van der Waals surface area contributed by atoms with E-state index in [1.165, 1.54) is 6.42 Å². The molecule has 0 bridgehead atoms. The zero-order valence-electron chi connectivity index (χ0n) is 20.7. The number of hydrogen-bond acceptors (Lipinski definition) is 9. The summed E-state index contributed by atoms with van der Waals surface area (Å²) in [5.74, 6) is 0. The summed E-state index contributed by atoms with van der Waals surface area (Å²) in [5, 5.41) is 8.32. The molecule has 0 aliphatic carbocycles. The van der Waals surface area contributed by atoms with Gasteiger partial charge in [-0.25, -0.2) is 9.78 Å². The average molecular weight is 481 g/mol. The van der Waals surface area contributed by atoms with Gasteiger partial charge in [-0.15, -0.1) is 0 Å². The molecule has 0 saturated heterocycles. The minimum Gasteiger partial charge on any atom is -0.512 e. The quantitative estimate of drug-likeness (QED) is 0.0694. The molecule has 0 unspecified atom stereocenters. The SMILES string of the molecule is CCCCOCCCCOOCCCCOCCCCOCCCCOCCOO/C=C\O. The highest BCUT2D eigenvalue weighted by Crippen LogP contribution is 1.99. The van der Waals surface area contributed by atoms with Crippen molar-refractivity contribution in [1.82, 2.24) is 0 Å². The molecule has 0 rings (SSSR count). The third-order valence-electron chi connectivity index (χ3n) is 4.41. The molecule has 0 heterocycles. The summed E-state index contributed by atoms with van der Waals surface area (Å²) in [6.07, 6.45) is 12.0. The lowest BCUT2D eigenvalue weighted by Gasteiger charge is -2.07. The molecule has 0 aliphatic rings. The van der Waals surface area contributed by atoms with Gasteiger partial charge in [0.05, 0.1) is 19.8 Å². The Morgan fingerprint density at radius 2 is 0.848 bits per heavy atom. The van der Waals surface area contributed by atoms with Crippen molar-refractivity contribution in [3.63, 3.8) is 0 Å². The molecule has 9 heteroatoms. The van der Waals surface area contributed by atoms with Crippen molar-refractivity contribution in [3.8, 4) is 0 Å². The fraction of sp³-hybridized carbons (Fsp3) is 0.917. The Morgan fingerprint density at radius 1 is 0.455 bits per heavy atom. The van der Waals surface area contributed by atoms with Crippen LogP contribution in [0.15, 0.2) is 12.5 Å². The monoisotopic (exact) mass is 480 g/mol. The first kappa shape index (κ1) is 32.1. The van der Waals surface area contributed by atoms with Gasteiger partial charge in [-0.05, 0) is 57.8 Å². The molecule has 33 heavy (non-hydrogen) atoms. The minimum atomic E-state index is 0.320. The van der Waals surface area contributed by atoms with Crippen molar-refractivity contribution < 1.29 is 43.6 Å². The number of unbranched alkanes of at least 4 members (excludes halogenated alkanes) is 5. The summed E-state index contributed by atoms with van der Waals surface area (Å²) in [5.41, 5.74) is 0. The second-order valence-corrected chi connectivity index (χ2v) is 7.48. The molecule has 0 amide bonds. The van der Waals surface area contributed by atoms with Gasteiger partial charge in [0.2, 0.25) is 0 Å². The van der Waals surface area contributed by atoms with Crippen LogP contribution in [-0.2, 0) is 38.5 Å². The lowest BCUT2D eigenvalue weighted by molar-refractivity contribution is -0.295. The van der Waals surface area contributed by atoms with Crippen molar-refractivity contribution in [2.24, 2.45) is 0 Å². The molecule has 0 radical (unpaired) electrons. The summed E-state index contributed by atoms with van der Waals surface area (Å²) < 4.78 is 22.1. The zero-order chi connectivity index (χ0) is 23.9. The van der Waals surface area contributed by atoms with Crippen molar-refractivity contribution in [1.29, 1.82) is 0 Å². The predicted molar refractivity (Wildman–Crippen MR) is 126 cm³/mol. The molecule has 0 aliphatic heterocycles. The Kier molecular flexibility index (Phi) is 30.2. The summed E-state index contributed by atoms with van der Waals surface area (Å²) in [7, 11) is 0. The molecule has 198 valence electrons. The van der Waals surface area contributed by atoms with E-state index in [1.807, 2.05) is 0 Å². The smallest absolute Gasteiger partial charge is 0.163 e. The van der Waals surface area contributed by atoms with Gasteiger partial charge in [-0.3, -0.25) is 0 Å². The first-order chi connectivity index (χ1) is 16.4. The van der Waals surface area contributed by atoms with Gasteiger partial charge >= 0.3 is 0 Å². The molecule has 0 aromatic heterocycles. The Labute approximate surface area is 200 Å². The Balaban J connectivity index is 3.00. The van der Waals surface area contributed by atoms with E-state index in [4.69, 9.17) is 38.7 Å². The van der Waals surface area contributed by atoms with Crippen LogP contribution in [0.2, 0.25) is 0 Å². The van der Waals surface area contributed by atoms with E-state index in [9.17, 15) is 0 Å². The largest absolute Gasteiger partial charge is 0.512 e. The molecule has 1 N–H and O–H groups in total. The highest BCUT2D eigenvalue weighted by atomic mass is 17.2. The summed E-state index contributed by atoms with van der Waals surface area (Å²) in [6, 6.07) is 0. The van der Waals surface area contributed by atoms with Gasteiger partial charge in [-0.1, -0.05) is 13.3 Å². The fourth-order valence-electron chi connectivity index (χ4n) is 2.52. The molecule has 9 nitrogen and oxygen atoms in total. The average Bonchev–Trinajstić information content (AvgIpc) is 2.83. The first-order valence-electron chi connectivity index (χ1n) is 12.5. The maximum absolute atomic E-state index is 8.32. The number of rotatable bonds is 29. The molecular formula is C24H48O9. The van der Waals surface area contributed by atoms with E-state index >= 15 is 0 Å². The first-order valence-corrected chi connectivity index (χ1v) is 12.5. The van der Waals surface area contributed by atoms with E-state index < -0.39 is 0 Å². The van der Waals surface area contributed by atoms with Gasteiger partial charge < -0.3 is 28.9 Å². The highest BCUT2D eigenvalue weighted by Gasteiger charge is 1.96. The van der Waals surface area contributed by atoms with Gasteiger partial charge in [0.1, 0.15) is 12.9 Å². The molecule has 0 atom stereocenters. The highest BCUT2D eigenvalue weighted by molar-refractivity contribution is 4.52. The number of hydrogen-bond donors (Lipinski definition) is 1. The molecular weight excluding hydrogens is 432 g/mol. The van der Waals surface area contributed by atoms with Gasteiger partial charge in [-0.2, -0.15) is 4.89 Å². The van der Waals surface area contributed by atoms with Gasteiger partial charge in [0.15, 0.2) is 6.26 Å². The zero-order valence-corrected chi connectivity index (χ0v) is 20.7. The van der Waals surface area contributed by atoms with Gasteiger partial charge in [0, 0.05) is 46.2 Å². The van der Waals surface area contributed by atoms with Crippen molar-refractivity contribution in [2.75, 3.05) is 72.7 Å². The van der Waals surface area contributed by atoms with Crippen LogP contribution < -0.4 is 0 Å². The predicted octanol–water partition coefficient (Wildman–Crippen LogP) is 4.90. The van der Waals surface area contributed by atoms with Crippen molar-refractivity contribution in [2.45, 2.75) is 71.1 Å². The van der Waals surface area contributed by atoms with Crippen LogP contribution in [-0.4, -0.2) is 77.8 Å². The lowest BCUT2D eigenvalue weighted by atomic mass is 10.3. The van der Waals surface area contributed by atoms with E-state index in [1.54, 1.807) is 0 Å². The van der Waals surface area contributed by atoms with Crippen molar-refractivity contribution >= 4 is 0 Å². The van der Waals surface area contributed by atoms with E-state index in [0.717, 1.165) is 110 Å². The van der Waals surface area contributed by atoms with Crippen molar-refractivity contribution in [3.05, 3.63) is 12.5 Å². The second kappa shape index (κ2) is 31.1. The topological polar surface area (TPSA) is 94.1 Å². The maximum atomic E-state index is 8.32. The second-order valence-electron chi connectivity index (χ2n) is 7.48. The van der Waals surface area contributed by atoms with Crippen LogP contribution in [0.4, 0.5) is 0 Å². The Bertz CT molecular complexity index is 370. The van der Waals surface area contributed by atoms with Crippen LogP contribution in [0, 0.1) is 0 Å². The van der Waals surface area contributed by atoms with E-state index in [0.29, 0.717) is 33.0 Å². The minimum absolute atomic E-state index is 0.320. The van der Waals surface area contributed by atoms with Crippen LogP contribution in [0.1, 0.15) is 71.1 Å². The fourth-order valence-corrected chi connectivity index (χ4v) is 2.52. The molecule has 0 aromatic rings. The standard InChI is InChI=1S/C24H48O9/c1-2-3-13-26-17-8-10-20-30-31-21-11-9-18-28-15-5-4-14-27-16-6-7-19-29-23-24-33-32-22-12-25/h12,22,25H,2-11,13-21,23-24H2,1H3/b22-12-. The Hall–Kier alpha value is -0.940. The molecule has 0 aromatic carbocycles. The summed E-state index contributed by atoms with van der Waals surface area (Å²) in [6.45, 7) is 9.56. The number of ether oxygens (including phenoxy) is 4. The van der Waals surface area contributed by atoms with Gasteiger partial charge in [0.25, 0.3) is 0 Å². The molecule has 0 fully saturated rings. The van der Waals surface area contributed by atoms with E-state index in [2.05, 4.69) is 11.8 Å². The number of aliphatic hydroxyl groups is 1. The maximum Gasteiger partial charge on any atom is 0.163 e. The van der Waals surface area contributed by atoms with Crippen LogP contribution in [0.5, 0.6) is 0 Å². The summed E-state index contributed by atoms with van der Waals surface area (Å²) in [4.78, 5) is 19.5. The van der Waals surface area contributed by atoms with Crippen LogP contribution in [0.25, 0.3) is 0 Å². The molecule has 0 spiro atoms. The normalized spacial score (nSPS) is 11.5. The molecule has 0 saturated carbocycles. The third-order valence-corrected chi connectivity index (χ3v) is 4.41. The van der Waals surface area contributed by atoms with Crippen LogP contribution in [0.3, 0.4) is 0 Å². The Morgan fingerprint density at radius 3 is 1.27 bits per heavy atom.